The molecule has 1 aliphatic rings. The van der Waals surface area contributed by atoms with Gasteiger partial charge in [0.15, 0.2) is 0 Å². The third-order valence-corrected chi connectivity index (χ3v) is 3.81. The van der Waals surface area contributed by atoms with Crippen LogP contribution in [0.5, 0.6) is 0 Å². The predicted octanol–water partition coefficient (Wildman–Crippen LogP) is 1.11. The van der Waals surface area contributed by atoms with Crippen molar-refractivity contribution in [1.29, 1.82) is 0 Å². The first-order valence-electron chi connectivity index (χ1n) is 6.37. The van der Waals surface area contributed by atoms with Crippen LogP contribution in [0.15, 0.2) is 4.60 Å². The van der Waals surface area contributed by atoms with Crippen LogP contribution in [0.25, 0.3) is 0 Å². The van der Waals surface area contributed by atoms with Gasteiger partial charge in [0, 0.05) is 33.2 Å². The minimum atomic E-state index is -0.323. The lowest BCUT2D eigenvalue weighted by Crippen LogP contribution is -2.45. The van der Waals surface area contributed by atoms with Gasteiger partial charge in [0.25, 0.3) is 0 Å². The minimum Gasteiger partial charge on any atom is -0.462 e. The molecule has 0 N–H and O–H groups in total. The lowest BCUT2D eigenvalue weighted by Gasteiger charge is -2.34. The van der Waals surface area contributed by atoms with E-state index in [2.05, 4.69) is 37.9 Å². The van der Waals surface area contributed by atoms with Crippen molar-refractivity contribution in [1.82, 2.24) is 14.7 Å². The second-order valence-corrected chi connectivity index (χ2v) is 5.37. The van der Waals surface area contributed by atoms with Crippen LogP contribution < -0.4 is 4.90 Å². The van der Waals surface area contributed by atoms with Gasteiger partial charge in [0.05, 0.1) is 6.61 Å². The summed E-state index contributed by atoms with van der Waals surface area (Å²) in [5.41, 5.74) is 0.522. The Morgan fingerprint density at radius 2 is 1.95 bits per heavy atom. The van der Waals surface area contributed by atoms with E-state index in [-0.39, 0.29) is 5.97 Å². The van der Waals surface area contributed by atoms with Crippen LogP contribution in [0.2, 0.25) is 0 Å². The second kappa shape index (κ2) is 5.92. The maximum absolute atomic E-state index is 12.1. The highest BCUT2D eigenvalue weighted by molar-refractivity contribution is 9.10. The monoisotopic (exact) mass is 330 g/mol. The summed E-state index contributed by atoms with van der Waals surface area (Å²) in [5, 5.41) is 4.29. The van der Waals surface area contributed by atoms with Crippen LogP contribution >= 0.6 is 15.9 Å². The molecule has 0 atom stereocenters. The summed E-state index contributed by atoms with van der Waals surface area (Å²) >= 11 is 3.35. The fourth-order valence-corrected chi connectivity index (χ4v) is 2.82. The number of carbonyl (C=O) groups is 1. The van der Waals surface area contributed by atoms with Crippen molar-refractivity contribution in [3.05, 3.63) is 10.2 Å². The lowest BCUT2D eigenvalue weighted by molar-refractivity contribution is 0.0526. The normalized spacial score (nSPS) is 16.7. The highest BCUT2D eigenvalue weighted by Gasteiger charge is 2.28. The van der Waals surface area contributed by atoms with E-state index in [4.69, 9.17) is 4.74 Å². The molecule has 0 saturated carbocycles. The molecule has 2 heterocycles. The number of hydrogen-bond donors (Lipinski definition) is 0. The molecule has 0 radical (unpaired) electrons. The lowest BCUT2D eigenvalue weighted by atomic mass is 10.2. The molecule has 0 unspecified atom stereocenters. The first-order valence-corrected chi connectivity index (χ1v) is 7.17. The molecule has 0 amide bonds. The molecule has 1 aromatic heterocycles. The molecule has 6 nitrogen and oxygen atoms in total. The fraction of sp³-hybridized carbons (Fsp3) is 0.667. The van der Waals surface area contributed by atoms with Gasteiger partial charge in [0.2, 0.25) is 0 Å². The Bertz CT molecular complexity index is 467. The van der Waals surface area contributed by atoms with Gasteiger partial charge in [-0.1, -0.05) is 0 Å². The topological polar surface area (TPSA) is 50.6 Å². The van der Waals surface area contributed by atoms with Gasteiger partial charge in [0.1, 0.15) is 16.0 Å². The van der Waals surface area contributed by atoms with Crippen molar-refractivity contribution >= 4 is 27.7 Å². The Labute approximate surface area is 121 Å². The summed E-state index contributed by atoms with van der Waals surface area (Å²) in [5.74, 6) is 0.509. The smallest absolute Gasteiger partial charge is 0.344 e. The van der Waals surface area contributed by atoms with Crippen molar-refractivity contribution in [3.8, 4) is 0 Å². The van der Waals surface area contributed by atoms with Gasteiger partial charge >= 0.3 is 5.97 Å². The Morgan fingerprint density at radius 3 is 2.53 bits per heavy atom. The van der Waals surface area contributed by atoms with Crippen molar-refractivity contribution in [3.63, 3.8) is 0 Å². The zero-order chi connectivity index (χ0) is 14.0. The van der Waals surface area contributed by atoms with Gasteiger partial charge < -0.3 is 14.5 Å². The Balaban J connectivity index is 2.31. The van der Waals surface area contributed by atoms with E-state index >= 15 is 0 Å². The van der Waals surface area contributed by atoms with Gasteiger partial charge in [-0.2, -0.15) is 5.10 Å². The molecular weight excluding hydrogens is 312 g/mol. The maximum atomic E-state index is 12.1. The van der Waals surface area contributed by atoms with Gasteiger partial charge in [-0.05, 0) is 29.9 Å². The summed E-state index contributed by atoms with van der Waals surface area (Å²) in [4.78, 5) is 16.5. The number of esters is 1. The van der Waals surface area contributed by atoms with Crippen LogP contribution in [0.3, 0.4) is 0 Å². The molecule has 1 fully saturated rings. The zero-order valence-corrected chi connectivity index (χ0v) is 13.1. The SMILES string of the molecule is CCOC(=O)c1c(Br)nn(C)c1N1CCN(C)CC1. The van der Waals surface area contributed by atoms with Crippen LogP contribution in [-0.4, -0.2) is 60.5 Å². The Kier molecular flexibility index (Phi) is 4.46. The van der Waals surface area contributed by atoms with E-state index in [0.717, 1.165) is 32.0 Å². The zero-order valence-electron chi connectivity index (χ0n) is 11.5. The van der Waals surface area contributed by atoms with Crippen LogP contribution in [0.4, 0.5) is 5.82 Å². The molecule has 0 spiro atoms. The van der Waals surface area contributed by atoms with Crippen molar-refractivity contribution in [2.24, 2.45) is 7.05 Å². The molecule has 106 valence electrons. The number of carbonyl (C=O) groups excluding carboxylic acids is 1. The van der Waals surface area contributed by atoms with E-state index in [1.165, 1.54) is 0 Å². The van der Waals surface area contributed by atoms with Gasteiger partial charge in [-0.3, -0.25) is 4.68 Å². The molecule has 0 aromatic carbocycles. The molecule has 1 saturated heterocycles. The number of halogens is 1. The summed E-state index contributed by atoms with van der Waals surface area (Å²) in [7, 11) is 3.95. The average molecular weight is 331 g/mol. The number of anilines is 1. The third kappa shape index (κ3) is 2.92. The number of hydrogen-bond acceptors (Lipinski definition) is 5. The standard InChI is InChI=1S/C12H19BrN4O2/c1-4-19-12(18)9-10(13)14-16(3)11(9)17-7-5-15(2)6-8-17/h4-8H2,1-3H3. The number of aryl methyl sites for hydroxylation is 1. The average Bonchev–Trinajstić information content (AvgIpc) is 2.65. The number of likely N-dealkylation sites (N-methyl/N-ethyl adjacent to an activating group) is 1. The van der Waals surface area contributed by atoms with E-state index in [0.29, 0.717) is 16.8 Å². The van der Waals surface area contributed by atoms with Crippen LogP contribution in [0, 0.1) is 0 Å². The fourth-order valence-electron chi connectivity index (χ4n) is 2.24. The van der Waals surface area contributed by atoms with Crippen LogP contribution in [-0.2, 0) is 11.8 Å². The first-order chi connectivity index (χ1) is 9.04. The van der Waals surface area contributed by atoms with E-state index in [1.54, 1.807) is 11.6 Å². The molecule has 0 bridgehead atoms. The molecule has 1 aromatic rings. The molecule has 1 aliphatic heterocycles. The summed E-state index contributed by atoms with van der Waals surface area (Å²) < 4.78 is 7.40. The minimum absolute atomic E-state index is 0.323. The third-order valence-electron chi connectivity index (χ3n) is 3.26. The molecule has 7 heteroatoms. The van der Waals surface area contributed by atoms with Crippen LogP contribution in [0.1, 0.15) is 17.3 Å². The van der Waals surface area contributed by atoms with Crippen molar-refractivity contribution in [2.75, 3.05) is 44.7 Å². The quantitative estimate of drug-likeness (QED) is 0.777. The highest BCUT2D eigenvalue weighted by atomic mass is 79.9. The summed E-state index contributed by atoms with van der Waals surface area (Å²) in [6.07, 6.45) is 0. The highest BCUT2D eigenvalue weighted by Crippen LogP contribution is 2.28. The van der Waals surface area contributed by atoms with Gasteiger partial charge in [-0.15, -0.1) is 0 Å². The summed E-state index contributed by atoms with van der Waals surface area (Å²) in [6, 6.07) is 0. The number of aromatic nitrogens is 2. The van der Waals surface area contributed by atoms with E-state index < -0.39 is 0 Å². The van der Waals surface area contributed by atoms with Gasteiger partial charge in [-0.25, -0.2) is 4.79 Å². The van der Waals surface area contributed by atoms with Crippen molar-refractivity contribution in [2.45, 2.75) is 6.92 Å². The van der Waals surface area contributed by atoms with E-state index in [1.807, 2.05) is 7.05 Å². The molecule has 0 aliphatic carbocycles. The van der Waals surface area contributed by atoms with E-state index in [9.17, 15) is 4.79 Å². The number of piperazine rings is 1. The maximum Gasteiger partial charge on any atom is 0.344 e. The largest absolute Gasteiger partial charge is 0.462 e. The first kappa shape index (κ1) is 14.3. The predicted molar refractivity (Wildman–Crippen MR) is 76.6 cm³/mol. The molecule has 19 heavy (non-hydrogen) atoms. The second-order valence-electron chi connectivity index (χ2n) is 4.62. The number of ether oxygens (including phenoxy) is 1. The molecule has 2 rings (SSSR count). The Morgan fingerprint density at radius 1 is 1.32 bits per heavy atom. The summed E-state index contributed by atoms with van der Waals surface area (Å²) in [6.45, 7) is 5.89. The van der Waals surface area contributed by atoms with Crippen molar-refractivity contribution < 1.29 is 9.53 Å². The Hall–Kier alpha value is -1.08. The number of nitrogens with zero attached hydrogens (tertiary/aromatic N) is 4. The molecular formula is C12H19BrN4O2. The number of rotatable bonds is 3.